The predicted molar refractivity (Wildman–Crippen MR) is 142 cm³/mol. The standard InChI is InChI=1S/C29H33N3O3S/c1-20-8-6-9-25(21(20)2)23-11-13-24(14-12-23)29-26-18-31(16-4-5-17-32(26)27(29)19-33)36(34,35)28-10-7-15-30-22(28)3/h4-15,26-27,29,33H,16-19H2,1-3H3/b5-4-/t26?,27-,29+/m1/s1. The Morgan fingerprint density at radius 1 is 0.972 bits per heavy atom. The van der Waals surface area contributed by atoms with Gasteiger partial charge in [-0.25, -0.2) is 8.42 Å². The van der Waals surface area contributed by atoms with E-state index in [-0.39, 0.29) is 29.5 Å². The minimum Gasteiger partial charge on any atom is -0.395 e. The summed E-state index contributed by atoms with van der Waals surface area (Å²) >= 11 is 0. The molecule has 3 atom stereocenters. The number of benzene rings is 2. The van der Waals surface area contributed by atoms with Crippen molar-refractivity contribution in [1.82, 2.24) is 14.2 Å². The smallest absolute Gasteiger partial charge is 0.245 e. The summed E-state index contributed by atoms with van der Waals surface area (Å²) in [5.41, 5.74) is 6.54. The highest BCUT2D eigenvalue weighted by molar-refractivity contribution is 7.89. The van der Waals surface area contributed by atoms with E-state index in [1.54, 1.807) is 29.6 Å². The van der Waals surface area contributed by atoms with Crippen LogP contribution in [0.25, 0.3) is 11.1 Å². The van der Waals surface area contributed by atoms with Crippen molar-refractivity contribution in [3.05, 3.63) is 95.3 Å². The van der Waals surface area contributed by atoms with Gasteiger partial charge in [-0.2, -0.15) is 4.31 Å². The highest BCUT2D eigenvalue weighted by atomic mass is 32.2. The van der Waals surface area contributed by atoms with Crippen LogP contribution in [0.4, 0.5) is 0 Å². The summed E-state index contributed by atoms with van der Waals surface area (Å²) in [4.78, 5) is 6.66. The summed E-state index contributed by atoms with van der Waals surface area (Å²) in [5, 5.41) is 10.3. The van der Waals surface area contributed by atoms with Crippen molar-refractivity contribution in [2.75, 3.05) is 26.2 Å². The summed E-state index contributed by atoms with van der Waals surface area (Å²) in [6.07, 6.45) is 5.52. The van der Waals surface area contributed by atoms with Gasteiger partial charge < -0.3 is 5.11 Å². The van der Waals surface area contributed by atoms with Crippen LogP contribution in [0.15, 0.2) is 77.8 Å². The van der Waals surface area contributed by atoms with Gasteiger partial charge in [-0.05, 0) is 60.7 Å². The quantitative estimate of drug-likeness (QED) is 0.532. The number of aliphatic hydroxyl groups is 1. The fourth-order valence-electron chi connectivity index (χ4n) is 5.66. The van der Waals surface area contributed by atoms with Crippen molar-refractivity contribution in [2.24, 2.45) is 0 Å². The van der Waals surface area contributed by atoms with Crippen LogP contribution < -0.4 is 0 Å². The second-order valence-corrected chi connectivity index (χ2v) is 11.7. The first kappa shape index (κ1) is 24.8. The van der Waals surface area contributed by atoms with E-state index in [2.05, 4.69) is 66.2 Å². The minimum absolute atomic E-state index is 0.0228. The molecule has 36 heavy (non-hydrogen) atoms. The predicted octanol–water partition coefficient (Wildman–Crippen LogP) is 4.06. The van der Waals surface area contributed by atoms with Crippen molar-refractivity contribution < 1.29 is 13.5 Å². The van der Waals surface area contributed by atoms with E-state index in [4.69, 9.17) is 0 Å². The third kappa shape index (κ3) is 4.30. The maximum Gasteiger partial charge on any atom is 0.245 e. The zero-order chi connectivity index (χ0) is 25.4. The normalized spacial score (nSPS) is 23.8. The molecule has 0 amide bonds. The summed E-state index contributed by atoms with van der Waals surface area (Å²) < 4.78 is 28.7. The molecular weight excluding hydrogens is 470 g/mol. The number of fused-ring (bicyclic) bond motifs is 1. The Bertz CT molecular complexity index is 1390. The van der Waals surface area contributed by atoms with Crippen molar-refractivity contribution >= 4 is 10.0 Å². The van der Waals surface area contributed by atoms with Crippen molar-refractivity contribution in [1.29, 1.82) is 0 Å². The fraction of sp³-hybridized carbons (Fsp3) is 0.345. The van der Waals surface area contributed by atoms with Crippen LogP contribution in [0.5, 0.6) is 0 Å². The number of aliphatic hydroxyl groups excluding tert-OH is 1. The molecule has 1 saturated heterocycles. The van der Waals surface area contributed by atoms with Crippen LogP contribution in [0.1, 0.15) is 28.3 Å². The van der Waals surface area contributed by atoms with Crippen molar-refractivity contribution in [3.8, 4) is 11.1 Å². The average molecular weight is 504 g/mol. The lowest BCUT2D eigenvalue weighted by atomic mass is 9.74. The van der Waals surface area contributed by atoms with Gasteiger partial charge in [-0.15, -0.1) is 0 Å². The van der Waals surface area contributed by atoms with Gasteiger partial charge in [-0.1, -0.05) is 54.6 Å². The molecule has 1 aromatic heterocycles. The SMILES string of the molecule is Cc1cccc(-c2ccc([C@H]3C4CN(S(=O)(=O)c5cccnc5C)C/C=C\CN4[C@@H]3CO)cc2)c1C. The van der Waals surface area contributed by atoms with Gasteiger partial charge in [0.25, 0.3) is 0 Å². The topological polar surface area (TPSA) is 73.7 Å². The second kappa shape index (κ2) is 9.90. The lowest BCUT2D eigenvalue weighted by molar-refractivity contribution is -0.0415. The van der Waals surface area contributed by atoms with E-state index in [0.717, 1.165) is 11.1 Å². The monoisotopic (exact) mass is 503 g/mol. The van der Waals surface area contributed by atoms with Crippen LogP contribution in [0, 0.1) is 20.8 Å². The molecule has 2 aromatic carbocycles. The molecule has 0 saturated carbocycles. The Morgan fingerprint density at radius 3 is 2.44 bits per heavy atom. The highest BCUT2D eigenvalue weighted by Gasteiger charge is 2.50. The molecule has 1 fully saturated rings. The van der Waals surface area contributed by atoms with Crippen molar-refractivity contribution in [3.63, 3.8) is 0 Å². The molecule has 1 N–H and O–H groups in total. The minimum atomic E-state index is -3.71. The molecule has 188 valence electrons. The van der Waals surface area contributed by atoms with E-state index < -0.39 is 10.0 Å². The molecule has 0 spiro atoms. The first-order chi connectivity index (χ1) is 17.3. The van der Waals surface area contributed by atoms with Gasteiger partial charge >= 0.3 is 0 Å². The third-order valence-electron chi connectivity index (χ3n) is 7.84. The summed E-state index contributed by atoms with van der Waals surface area (Å²) in [5.74, 6) is 0.0434. The van der Waals surface area contributed by atoms with E-state index >= 15 is 0 Å². The third-order valence-corrected chi connectivity index (χ3v) is 9.80. The van der Waals surface area contributed by atoms with Gasteiger partial charge in [0.05, 0.1) is 12.3 Å². The Hall–Kier alpha value is -2.84. The zero-order valence-corrected chi connectivity index (χ0v) is 21.8. The Labute approximate surface area is 214 Å². The number of nitrogens with zero attached hydrogens (tertiary/aromatic N) is 3. The van der Waals surface area contributed by atoms with Gasteiger partial charge in [0.15, 0.2) is 0 Å². The number of rotatable bonds is 5. The molecule has 1 unspecified atom stereocenters. The number of hydrogen-bond donors (Lipinski definition) is 1. The van der Waals surface area contributed by atoms with Crippen LogP contribution >= 0.6 is 0 Å². The summed E-state index contributed by atoms with van der Waals surface area (Å²) in [6, 6.07) is 18.1. The maximum atomic E-state index is 13.6. The molecule has 0 radical (unpaired) electrons. The molecular formula is C29H33N3O3S. The van der Waals surface area contributed by atoms with Crippen molar-refractivity contribution in [2.45, 2.75) is 43.7 Å². The number of pyridine rings is 1. The van der Waals surface area contributed by atoms with E-state index in [9.17, 15) is 13.5 Å². The molecule has 3 heterocycles. The molecule has 2 aliphatic heterocycles. The van der Waals surface area contributed by atoms with Crippen LogP contribution in [-0.2, 0) is 10.0 Å². The van der Waals surface area contributed by atoms with E-state index in [0.29, 0.717) is 25.3 Å². The van der Waals surface area contributed by atoms with E-state index in [1.165, 1.54) is 16.7 Å². The Kier molecular flexibility index (Phi) is 6.83. The second-order valence-electron chi connectivity index (χ2n) is 9.79. The van der Waals surface area contributed by atoms with Crippen LogP contribution in [-0.4, -0.2) is 66.0 Å². The van der Waals surface area contributed by atoms with Crippen LogP contribution in [0.3, 0.4) is 0 Å². The summed E-state index contributed by atoms with van der Waals surface area (Å²) in [7, 11) is -3.71. The molecule has 0 bridgehead atoms. The highest BCUT2D eigenvalue weighted by Crippen LogP contribution is 2.42. The first-order valence-corrected chi connectivity index (χ1v) is 13.9. The van der Waals surface area contributed by atoms with Gasteiger partial charge in [0.2, 0.25) is 10.0 Å². The van der Waals surface area contributed by atoms with Crippen LogP contribution in [0.2, 0.25) is 0 Å². The number of sulfonamides is 1. The number of aryl methyl sites for hydroxylation is 2. The lowest BCUT2D eigenvalue weighted by Gasteiger charge is -2.56. The Morgan fingerprint density at radius 2 is 1.72 bits per heavy atom. The van der Waals surface area contributed by atoms with Gasteiger partial charge in [0.1, 0.15) is 4.90 Å². The van der Waals surface area contributed by atoms with Gasteiger partial charge in [0, 0.05) is 43.8 Å². The average Bonchev–Trinajstić information content (AvgIpc) is 2.85. The van der Waals surface area contributed by atoms with E-state index in [1.807, 2.05) is 12.2 Å². The number of hydrogen-bond acceptors (Lipinski definition) is 5. The number of aromatic nitrogens is 1. The van der Waals surface area contributed by atoms with Gasteiger partial charge in [-0.3, -0.25) is 9.88 Å². The zero-order valence-electron chi connectivity index (χ0n) is 21.0. The Balaban J connectivity index is 1.45. The molecule has 5 rings (SSSR count). The molecule has 2 aliphatic rings. The molecule has 7 heteroatoms. The first-order valence-electron chi connectivity index (χ1n) is 12.4. The maximum absolute atomic E-state index is 13.6. The fourth-order valence-corrected chi connectivity index (χ4v) is 7.25. The lowest BCUT2D eigenvalue weighted by Crippen LogP contribution is -2.67. The molecule has 3 aromatic rings. The summed E-state index contributed by atoms with van der Waals surface area (Å²) in [6.45, 7) is 7.41. The largest absolute Gasteiger partial charge is 0.395 e. The molecule has 0 aliphatic carbocycles. The molecule has 6 nitrogen and oxygen atoms in total.